The van der Waals surface area contributed by atoms with Gasteiger partial charge in [0.15, 0.2) is 0 Å². The predicted octanol–water partition coefficient (Wildman–Crippen LogP) is 3.17. The van der Waals surface area contributed by atoms with Crippen LogP contribution in [0.2, 0.25) is 0 Å². The van der Waals surface area contributed by atoms with Crippen LogP contribution >= 0.6 is 0 Å². The topological polar surface area (TPSA) is 44.3 Å². The minimum atomic E-state index is 0.331. The molecule has 1 saturated heterocycles. The van der Waals surface area contributed by atoms with Crippen molar-refractivity contribution in [2.75, 3.05) is 44.2 Å². The highest BCUT2D eigenvalue weighted by molar-refractivity contribution is 5.29. The molecule has 0 bridgehead atoms. The zero-order valence-corrected chi connectivity index (χ0v) is 16.8. The van der Waals surface area contributed by atoms with Gasteiger partial charge < -0.3 is 10.2 Å². The van der Waals surface area contributed by atoms with Crippen LogP contribution in [-0.2, 0) is 6.42 Å². The lowest BCUT2D eigenvalue weighted by atomic mass is 9.99. The zero-order chi connectivity index (χ0) is 19.7. The minimum Gasteiger partial charge on any atom is -0.338 e. The van der Waals surface area contributed by atoms with Gasteiger partial charge in [-0.05, 0) is 23.6 Å². The largest absolute Gasteiger partial charge is 0.338 e. The second-order valence-corrected chi connectivity index (χ2v) is 7.48. The summed E-state index contributed by atoms with van der Waals surface area (Å²) in [5.41, 5.74) is 2.72. The summed E-state index contributed by atoms with van der Waals surface area (Å²) in [6.45, 7) is 6.10. The van der Waals surface area contributed by atoms with Crippen LogP contribution in [0.3, 0.4) is 0 Å². The van der Waals surface area contributed by atoms with Gasteiger partial charge >= 0.3 is 0 Å². The summed E-state index contributed by atoms with van der Waals surface area (Å²) in [6, 6.07) is 23.7. The van der Waals surface area contributed by atoms with Crippen molar-refractivity contribution in [3.8, 4) is 0 Å². The normalized spacial score (nSPS) is 15.9. The summed E-state index contributed by atoms with van der Waals surface area (Å²) in [5.74, 6) is 0.845. The highest BCUT2D eigenvalue weighted by atomic mass is 15.3. The maximum absolute atomic E-state index is 4.37. The molecule has 2 heterocycles. The van der Waals surface area contributed by atoms with Crippen molar-refractivity contribution in [1.29, 1.82) is 0 Å². The van der Waals surface area contributed by atoms with E-state index in [1.54, 1.807) is 0 Å². The number of hydrogen-bond donors (Lipinski definition) is 1. The van der Waals surface area contributed by atoms with Gasteiger partial charge in [-0.25, -0.2) is 9.97 Å². The second kappa shape index (κ2) is 10.1. The van der Waals surface area contributed by atoms with E-state index in [4.69, 9.17) is 0 Å². The molecule has 1 aliphatic heterocycles. The van der Waals surface area contributed by atoms with Crippen LogP contribution in [0, 0.1) is 0 Å². The fourth-order valence-electron chi connectivity index (χ4n) is 3.87. The van der Waals surface area contributed by atoms with Crippen LogP contribution in [0.25, 0.3) is 0 Å². The molecule has 1 aromatic heterocycles. The highest BCUT2D eigenvalue weighted by Gasteiger charge is 2.19. The molecule has 0 spiro atoms. The average Bonchev–Trinajstić information content (AvgIpc) is 2.81. The SMILES string of the molecule is c1ccc(CC(NCCN2CCN(c3ncccn3)CC2)c2ccccc2)cc1. The summed E-state index contributed by atoms with van der Waals surface area (Å²) in [4.78, 5) is 13.5. The van der Waals surface area contributed by atoms with Gasteiger partial charge in [-0.3, -0.25) is 4.90 Å². The molecule has 1 unspecified atom stereocenters. The number of nitrogens with zero attached hydrogens (tertiary/aromatic N) is 4. The van der Waals surface area contributed by atoms with Gasteiger partial charge in [-0.1, -0.05) is 60.7 Å². The first-order valence-corrected chi connectivity index (χ1v) is 10.4. The average molecular weight is 388 g/mol. The van der Waals surface area contributed by atoms with Crippen LogP contribution in [0.4, 0.5) is 5.95 Å². The number of nitrogens with one attached hydrogen (secondary N) is 1. The highest BCUT2D eigenvalue weighted by Crippen LogP contribution is 2.18. The van der Waals surface area contributed by atoms with E-state index in [1.165, 1.54) is 11.1 Å². The Morgan fingerprint density at radius 2 is 1.45 bits per heavy atom. The fraction of sp³-hybridized carbons (Fsp3) is 0.333. The van der Waals surface area contributed by atoms with Crippen LogP contribution in [-0.4, -0.2) is 54.1 Å². The van der Waals surface area contributed by atoms with E-state index < -0.39 is 0 Å². The maximum Gasteiger partial charge on any atom is 0.225 e. The molecular formula is C24H29N5. The Hall–Kier alpha value is -2.76. The molecule has 29 heavy (non-hydrogen) atoms. The van der Waals surface area contributed by atoms with Gasteiger partial charge in [-0.15, -0.1) is 0 Å². The van der Waals surface area contributed by atoms with Gasteiger partial charge in [-0.2, -0.15) is 0 Å². The Kier molecular flexibility index (Phi) is 6.84. The lowest BCUT2D eigenvalue weighted by Crippen LogP contribution is -2.48. The molecule has 0 radical (unpaired) electrons. The molecule has 2 aromatic carbocycles. The monoisotopic (exact) mass is 387 g/mol. The Balaban J connectivity index is 1.28. The number of rotatable bonds is 8. The van der Waals surface area contributed by atoms with Crippen molar-refractivity contribution in [1.82, 2.24) is 20.2 Å². The first-order valence-electron chi connectivity index (χ1n) is 10.4. The molecule has 4 rings (SSSR count). The molecule has 1 N–H and O–H groups in total. The zero-order valence-electron chi connectivity index (χ0n) is 16.8. The van der Waals surface area contributed by atoms with E-state index in [-0.39, 0.29) is 0 Å². The number of piperazine rings is 1. The van der Waals surface area contributed by atoms with E-state index in [2.05, 4.69) is 85.7 Å². The molecule has 5 heteroatoms. The molecule has 150 valence electrons. The third-order valence-corrected chi connectivity index (χ3v) is 5.51. The van der Waals surface area contributed by atoms with Crippen molar-refractivity contribution in [3.63, 3.8) is 0 Å². The molecule has 1 aliphatic rings. The summed E-state index contributed by atoms with van der Waals surface area (Å²) >= 11 is 0. The molecule has 0 amide bonds. The quantitative estimate of drug-likeness (QED) is 0.643. The lowest BCUT2D eigenvalue weighted by Gasteiger charge is -2.35. The first-order chi connectivity index (χ1) is 14.4. The number of benzene rings is 2. The van der Waals surface area contributed by atoms with Gasteiger partial charge in [0, 0.05) is 57.7 Å². The van der Waals surface area contributed by atoms with E-state index in [9.17, 15) is 0 Å². The van der Waals surface area contributed by atoms with Crippen molar-refractivity contribution >= 4 is 5.95 Å². The summed E-state index contributed by atoms with van der Waals surface area (Å²) in [7, 11) is 0. The summed E-state index contributed by atoms with van der Waals surface area (Å²) in [6.07, 6.45) is 4.63. The maximum atomic E-state index is 4.37. The van der Waals surface area contributed by atoms with Crippen LogP contribution in [0.1, 0.15) is 17.2 Å². The van der Waals surface area contributed by atoms with Gasteiger partial charge in [0.1, 0.15) is 0 Å². The Morgan fingerprint density at radius 1 is 0.793 bits per heavy atom. The Bertz CT molecular complexity index is 833. The van der Waals surface area contributed by atoms with Crippen molar-refractivity contribution in [3.05, 3.63) is 90.3 Å². The number of hydrogen-bond acceptors (Lipinski definition) is 5. The lowest BCUT2D eigenvalue weighted by molar-refractivity contribution is 0.252. The van der Waals surface area contributed by atoms with Gasteiger partial charge in [0.25, 0.3) is 0 Å². The van der Waals surface area contributed by atoms with Crippen LogP contribution in [0.15, 0.2) is 79.1 Å². The van der Waals surface area contributed by atoms with Crippen molar-refractivity contribution in [2.45, 2.75) is 12.5 Å². The molecule has 0 aliphatic carbocycles. The second-order valence-electron chi connectivity index (χ2n) is 7.48. The predicted molar refractivity (Wildman–Crippen MR) is 118 cm³/mol. The first kappa shape index (κ1) is 19.6. The van der Waals surface area contributed by atoms with Crippen molar-refractivity contribution in [2.24, 2.45) is 0 Å². The Morgan fingerprint density at radius 3 is 2.14 bits per heavy atom. The minimum absolute atomic E-state index is 0.331. The van der Waals surface area contributed by atoms with Crippen molar-refractivity contribution < 1.29 is 0 Å². The van der Waals surface area contributed by atoms with Gasteiger partial charge in [0.2, 0.25) is 5.95 Å². The number of anilines is 1. The van der Waals surface area contributed by atoms with E-state index in [0.717, 1.165) is 51.6 Å². The standard InChI is InChI=1S/C24H29N5/c1-3-8-21(9-4-1)20-23(22-10-5-2-6-11-22)25-14-15-28-16-18-29(19-17-28)24-26-12-7-13-27-24/h1-13,23,25H,14-20H2. The smallest absolute Gasteiger partial charge is 0.225 e. The van der Waals surface area contributed by atoms with E-state index in [1.807, 2.05) is 18.5 Å². The third kappa shape index (κ3) is 5.62. The molecule has 1 atom stereocenters. The van der Waals surface area contributed by atoms with E-state index >= 15 is 0 Å². The molecular weight excluding hydrogens is 358 g/mol. The summed E-state index contributed by atoms with van der Waals surface area (Å²) < 4.78 is 0. The van der Waals surface area contributed by atoms with E-state index in [0.29, 0.717) is 6.04 Å². The number of aromatic nitrogens is 2. The molecule has 0 saturated carbocycles. The molecule has 3 aromatic rings. The van der Waals surface area contributed by atoms with Crippen LogP contribution < -0.4 is 10.2 Å². The summed E-state index contributed by atoms with van der Waals surface area (Å²) in [5, 5.41) is 3.79. The Labute approximate surface area is 173 Å². The molecule has 1 fully saturated rings. The third-order valence-electron chi connectivity index (χ3n) is 5.51. The fourth-order valence-corrected chi connectivity index (χ4v) is 3.87. The van der Waals surface area contributed by atoms with Crippen LogP contribution in [0.5, 0.6) is 0 Å². The van der Waals surface area contributed by atoms with Gasteiger partial charge in [0.05, 0.1) is 0 Å². The molecule has 5 nitrogen and oxygen atoms in total.